The van der Waals surface area contributed by atoms with Gasteiger partial charge in [0.05, 0.1) is 0 Å². The van der Waals surface area contributed by atoms with E-state index in [0.29, 0.717) is 17.9 Å². The zero-order valence-electron chi connectivity index (χ0n) is 11.8. The first-order valence-corrected chi connectivity index (χ1v) is 6.87. The zero-order valence-corrected chi connectivity index (χ0v) is 11.8. The topological polar surface area (TPSA) is 41.1 Å². The summed E-state index contributed by atoms with van der Waals surface area (Å²) in [7, 11) is 1.69. The Bertz CT molecular complexity index is 237. The third-order valence-electron chi connectivity index (χ3n) is 4.02. The molecule has 0 radical (unpaired) electrons. The van der Waals surface area contributed by atoms with E-state index in [4.69, 9.17) is 0 Å². The van der Waals surface area contributed by atoms with Gasteiger partial charge in [0.1, 0.15) is 0 Å². The van der Waals surface area contributed by atoms with Crippen molar-refractivity contribution in [1.29, 1.82) is 0 Å². The number of hydrogen-bond acceptors (Lipinski definition) is 2. The number of amides is 1. The van der Waals surface area contributed by atoms with E-state index in [1.807, 2.05) is 0 Å². The molecule has 0 bridgehead atoms. The normalized spacial score (nSPS) is 25.6. The fraction of sp³-hybridized carbons (Fsp3) is 0.929. The van der Waals surface area contributed by atoms with Gasteiger partial charge in [0, 0.05) is 26.1 Å². The molecule has 1 saturated carbocycles. The van der Waals surface area contributed by atoms with Crippen molar-refractivity contribution >= 4 is 5.91 Å². The molecule has 0 spiro atoms. The summed E-state index contributed by atoms with van der Waals surface area (Å²) >= 11 is 0. The van der Waals surface area contributed by atoms with Gasteiger partial charge in [-0.2, -0.15) is 0 Å². The van der Waals surface area contributed by atoms with Crippen LogP contribution < -0.4 is 10.6 Å². The second kappa shape index (κ2) is 6.39. The van der Waals surface area contributed by atoms with Gasteiger partial charge in [0.25, 0.3) is 0 Å². The Balaban J connectivity index is 2.17. The summed E-state index contributed by atoms with van der Waals surface area (Å²) in [5, 5.41) is 6.15. The molecule has 1 aliphatic rings. The number of carbonyl (C=O) groups excluding carboxylic acids is 1. The van der Waals surface area contributed by atoms with E-state index in [0.717, 1.165) is 12.5 Å². The highest BCUT2D eigenvalue weighted by Crippen LogP contribution is 2.37. The first kappa shape index (κ1) is 14.5. The Morgan fingerprint density at radius 3 is 2.24 bits per heavy atom. The summed E-state index contributed by atoms with van der Waals surface area (Å²) in [4.78, 5) is 11.1. The van der Waals surface area contributed by atoms with Crippen LogP contribution in [0, 0.1) is 11.3 Å². The average molecular weight is 240 g/mol. The molecule has 1 aliphatic carbocycles. The quantitative estimate of drug-likeness (QED) is 0.792. The Kier molecular flexibility index (Phi) is 5.44. The predicted molar refractivity (Wildman–Crippen MR) is 71.9 cm³/mol. The van der Waals surface area contributed by atoms with Crippen molar-refractivity contribution in [1.82, 2.24) is 10.6 Å². The number of hydrogen-bond donors (Lipinski definition) is 2. The molecule has 0 aromatic carbocycles. The average Bonchev–Trinajstić information content (AvgIpc) is 2.28. The monoisotopic (exact) mass is 240 g/mol. The van der Waals surface area contributed by atoms with Gasteiger partial charge >= 0.3 is 0 Å². The zero-order chi connectivity index (χ0) is 12.9. The van der Waals surface area contributed by atoms with Crippen LogP contribution >= 0.6 is 0 Å². The summed E-state index contributed by atoms with van der Waals surface area (Å²) in [5.74, 6) is 0.986. The fourth-order valence-electron chi connectivity index (χ4n) is 2.68. The Hall–Kier alpha value is -0.570. The third-order valence-corrected chi connectivity index (χ3v) is 4.02. The molecule has 1 amide bonds. The maximum absolute atomic E-state index is 11.1. The Labute approximate surface area is 106 Å². The molecular formula is C14H28N2O. The lowest BCUT2D eigenvalue weighted by Gasteiger charge is -2.37. The molecule has 0 aromatic heterocycles. The van der Waals surface area contributed by atoms with Crippen molar-refractivity contribution in [3.05, 3.63) is 0 Å². The fourth-order valence-corrected chi connectivity index (χ4v) is 2.68. The minimum absolute atomic E-state index is 0.126. The summed E-state index contributed by atoms with van der Waals surface area (Å²) in [5.41, 5.74) is 0.451. The lowest BCUT2D eigenvalue weighted by molar-refractivity contribution is -0.120. The van der Waals surface area contributed by atoms with Gasteiger partial charge in [-0.25, -0.2) is 0 Å². The van der Waals surface area contributed by atoms with Gasteiger partial charge in [-0.1, -0.05) is 20.8 Å². The molecule has 1 rings (SSSR count). The molecule has 0 unspecified atom stereocenters. The van der Waals surface area contributed by atoms with Crippen LogP contribution in [0.2, 0.25) is 0 Å². The minimum atomic E-state index is 0.126. The van der Waals surface area contributed by atoms with Crippen LogP contribution in [-0.2, 0) is 4.79 Å². The van der Waals surface area contributed by atoms with Crippen LogP contribution in [0.5, 0.6) is 0 Å². The Morgan fingerprint density at radius 1 is 1.18 bits per heavy atom. The molecule has 0 atom stereocenters. The number of rotatable bonds is 4. The molecule has 0 aliphatic heterocycles. The summed E-state index contributed by atoms with van der Waals surface area (Å²) in [6, 6.07) is 0.623. The van der Waals surface area contributed by atoms with Crippen LogP contribution in [0.4, 0.5) is 0 Å². The van der Waals surface area contributed by atoms with Gasteiger partial charge in [-0.05, 0) is 37.0 Å². The molecule has 100 valence electrons. The van der Waals surface area contributed by atoms with Crippen molar-refractivity contribution in [2.75, 3.05) is 13.6 Å². The summed E-state index contributed by atoms with van der Waals surface area (Å²) < 4.78 is 0. The van der Waals surface area contributed by atoms with Crippen LogP contribution in [0.15, 0.2) is 0 Å². The maximum Gasteiger partial charge on any atom is 0.221 e. The third kappa shape index (κ3) is 5.07. The van der Waals surface area contributed by atoms with Crippen LogP contribution in [0.3, 0.4) is 0 Å². The van der Waals surface area contributed by atoms with E-state index in [-0.39, 0.29) is 5.91 Å². The molecule has 3 nitrogen and oxygen atoms in total. The van der Waals surface area contributed by atoms with Crippen LogP contribution in [-0.4, -0.2) is 25.5 Å². The first-order chi connectivity index (χ1) is 7.93. The van der Waals surface area contributed by atoms with Gasteiger partial charge in [-0.3, -0.25) is 4.79 Å². The van der Waals surface area contributed by atoms with E-state index in [9.17, 15) is 4.79 Å². The maximum atomic E-state index is 11.1. The van der Waals surface area contributed by atoms with E-state index in [1.54, 1.807) is 7.05 Å². The molecule has 0 aromatic rings. The standard InChI is InChI=1S/C14H28N2O/c1-14(2,3)11-5-7-12(8-6-11)16-10-9-13(17)15-4/h11-12,16H,5-10H2,1-4H3,(H,15,17). The van der Waals surface area contributed by atoms with Crippen molar-refractivity contribution in [3.8, 4) is 0 Å². The van der Waals surface area contributed by atoms with E-state index in [1.165, 1.54) is 25.7 Å². The molecular weight excluding hydrogens is 212 g/mol. The van der Waals surface area contributed by atoms with Gasteiger partial charge in [0.2, 0.25) is 5.91 Å². The van der Waals surface area contributed by atoms with Crippen molar-refractivity contribution in [3.63, 3.8) is 0 Å². The summed E-state index contributed by atoms with van der Waals surface area (Å²) in [6.45, 7) is 7.84. The molecule has 17 heavy (non-hydrogen) atoms. The molecule has 0 heterocycles. The highest BCUT2D eigenvalue weighted by molar-refractivity contribution is 5.75. The minimum Gasteiger partial charge on any atom is -0.359 e. The van der Waals surface area contributed by atoms with Crippen LogP contribution in [0.1, 0.15) is 52.9 Å². The lowest BCUT2D eigenvalue weighted by Crippen LogP contribution is -2.37. The van der Waals surface area contributed by atoms with Gasteiger partial charge in [0.15, 0.2) is 0 Å². The molecule has 0 saturated heterocycles. The number of nitrogens with one attached hydrogen (secondary N) is 2. The van der Waals surface area contributed by atoms with Gasteiger partial charge < -0.3 is 10.6 Å². The SMILES string of the molecule is CNC(=O)CCNC1CCC(C(C)(C)C)CC1. The van der Waals surface area contributed by atoms with Crippen molar-refractivity contribution in [2.24, 2.45) is 11.3 Å². The lowest BCUT2D eigenvalue weighted by atomic mass is 9.71. The first-order valence-electron chi connectivity index (χ1n) is 6.87. The van der Waals surface area contributed by atoms with E-state index in [2.05, 4.69) is 31.4 Å². The Morgan fingerprint density at radius 2 is 1.76 bits per heavy atom. The van der Waals surface area contributed by atoms with Crippen molar-refractivity contribution in [2.45, 2.75) is 58.9 Å². The van der Waals surface area contributed by atoms with Crippen LogP contribution in [0.25, 0.3) is 0 Å². The highest BCUT2D eigenvalue weighted by Gasteiger charge is 2.29. The molecule has 2 N–H and O–H groups in total. The highest BCUT2D eigenvalue weighted by atomic mass is 16.1. The number of carbonyl (C=O) groups is 1. The van der Waals surface area contributed by atoms with E-state index >= 15 is 0 Å². The smallest absolute Gasteiger partial charge is 0.221 e. The molecule has 1 fully saturated rings. The van der Waals surface area contributed by atoms with Crippen molar-refractivity contribution < 1.29 is 4.79 Å². The largest absolute Gasteiger partial charge is 0.359 e. The van der Waals surface area contributed by atoms with Gasteiger partial charge in [-0.15, -0.1) is 0 Å². The summed E-state index contributed by atoms with van der Waals surface area (Å²) in [6.07, 6.45) is 5.75. The predicted octanol–water partition coefficient (Wildman–Crippen LogP) is 2.32. The second-order valence-electron chi connectivity index (χ2n) is 6.29. The van der Waals surface area contributed by atoms with E-state index < -0.39 is 0 Å². The molecule has 3 heteroatoms. The second-order valence-corrected chi connectivity index (χ2v) is 6.29.